The van der Waals surface area contributed by atoms with E-state index in [1.54, 1.807) is 6.20 Å². The smallest absolute Gasteiger partial charge is 0.220 e. The number of fused-ring (bicyclic) bond motifs is 2. The van der Waals surface area contributed by atoms with Crippen LogP contribution < -0.4 is 0 Å². The van der Waals surface area contributed by atoms with Crippen LogP contribution in [0.25, 0.3) is 39.2 Å². The molecule has 0 saturated carbocycles. The Morgan fingerprint density at radius 2 is 1.52 bits per heavy atom. The van der Waals surface area contributed by atoms with Crippen LogP contribution in [0.2, 0.25) is 0 Å². The Morgan fingerprint density at radius 3 is 2.44 bits per heavy atom. The van der Waals surface area contributed by atoms with Crippen molar-refractivity contribution >= 4 is 16.6 Å². The van der Waals surface area contributed by atoms with Crippen molar-refractivity contribution in [3.05, 3.63) is 85.1 Å². The average Bonchev–Trinajstić information content (AvgIpc) is 3.13. The quantitative estimate of drug-likeness (QED) is 0.476. The molecule has 0 aliphatic heterocycles. The Labute approximate surface area is 144 Å². The van der Waals surface area contributed by atoms with Crippen molar-refractivity contribution in [2.24, 2.45) is 0 Å². The summed E-state index contributed by atoms with van der Waals surface area (Å²) in [7, 11) is 0. The maximum atomic E-state index is 4.71. The Balaban J connectivity index is 1.78. The van der Waals surface area contributed by atoms with Crippen molar-refractivity contribution in [1.29, 1.82) is 0 Å². The molecule has 0 N–H and O–H groups in total. The van der Waals surface area contributed by atoms with Gasteiger partial charge < -0.3 is 0 Å². The fourth-order valence-electron chi connectivity index (χ4n) is 3.16. The molecule has 5 rings (SSSR count). The third-order valence-electron chi connectivity index (χ3n) is 4.34. The van der Waals surface area contributed by atoms with E-state index >= 15 is 0 Å². The van der Waals surface area contributed by atoms with Crippen LogP contribution in [0.5, 0.6) is 0 Å². The van der Waals surface area contributed by atoms with Gasteiger partial charge in [-0.25, -0.2) is 4.98 Å². The fourth-order valence-corrected chi connectivity index (χ4v) is 3.16. The van der Waals surface area contributed by atoms with Gasteiger partial charge in [-0.3, -0.25) is 0 Å². The maximum Gasteiger partial charge on any atom is 0.253 e. The highest BCUT2D eigenvalue weighted by Gasteiger charge is 2.12. The summed E-state index contributed by atoms with van der Waals surface area (Å²) >= 11 is 0. The normalized spacial score (nSPS) is 11.2. The van der Waals surface area contributed by atoms with Crippen LogP contribution in [0.1, 0.15) is 0 Å². The Kier molecular flexibility index (Phi) is 3.07. The van der Waals surface area contributed by atoms with E-state index in [1.165, 1.54) is 10.8 Å². The SMILES string of the molecule is c1ccc(-c2nc3nccc(-c4cccc5ccccc45)n3n2)cc1. The zero-order chi connectivity index (χ0) is 16.6. The van der Waals surface area contributed by atoms with Gasteiger partial charge in [0.1, 0.15) is 0 Å². The van der Waals surface area contributed by atoms with E-state index in [0.29, 0.717) is 11.6 Å². The maximum absolute atomic E-state index is 4.71. The third-order valence-corrected chi connectivity index (χ3v) is 4.34. The molecule has 2 aromatic heterocycles. The van der Waals surface area contributed by atoms with Gasteiger partial charge >= 0.3 is 0 Å². The van der Waals surface area contributed by atoms with Crippen molar-refractivity contribution in [3.8, 4) is 22.6 Å². The fraction of sp³-hybridized carbons (Fsp3) is 0. The summed E-state index contributed by atoms with van der Waals surface area (Å²) in [5, 5.41) is 7.10. The molecule has 0 aliphatic carbocycles. The molecule has 0 aliphatic rings. The summed E-state index contributed by atoms with van der Waals surface area (Å²) < 4.78 is 1.82. The highest BCUT2D eigenvalue weighted by molar-refractivity contribution is 5.96. The van der Waals surface area contributed by atoms with Gasteiger partial charge in [0.2, 0.25) is 0 Å². The molecule has 5 aromatic rings. The molecule has 118 valence electrons. The number of rotatable bonds is 2. The van der Waals surface area contributed by atoms with Gasteiger partial charge in [-0.05, 0) is 16.8 Å². The van der Waals surface area contributed by atoms with E-state index in [2.05, 4.69) is 52.4 Å². The van der Waals surface area contributed by atoms with Crippen LogP contribution in [-0.4, -0.2) is 19.6 Å². The lowest BCUT2D eigenvalue weighted by molar-refractivity contribution is 0.952. The molecule has 4 nitrogen and oxygen atoms in total. The molecule has 0 atom stereocenters. The first-order chi connectivity index (χ1) is 12.4. The number of aromatic nitrogens is 4. The molecule has 0 bridgehead atoms. The average molecular weight is 322 g/mol. The molecule has 4 heteroatoms. The molecule has 0 saturated heterocycles. The van der Waals surface area contributed by atoms with Gasteiger partial charge in [-0.15, -0.1) is 5.10 Å². The topological polar surface area (TPSA) is 43.1 Å². The van der Waals surface area contributed by atoms with Crippen LogP contribution in [-0.2, 0) is 0 Å². The summed E-state index contributed by atoms with van der Waals surface area (Å²) in [6.45, 7) is 0. The number of hydrogen-bond acceptors (Lipinski definition) is 3. The molecule has 25 heavy (non-hydrogen) atoms. The van der Waals surface area contributed by atoms with Crippen LogP contribution in [0.3, 0.4) is 0 Å². The van der Waals surface area contributed by atoms with Gasteiger partial charge in [0.05, 0.1) is 5.69 Å². The van der Waals surface area contributed by atoms with E-state index < -0.39 is 0 Å². The standard InChI is InChI=1S/C21H14N4/c1-2-8-16(9-3-1)20-23-21-22-14-13-19(25(21)24-20)18-12-6-10-15-7-4-5-11-17(15)18/h1-14H. The van der Waals surface area contributed by atoms with Gasteiger partial charge in [0, 0.05) is 17.3 Å². The minimum absolute atomic E-state index is 0.601. The second kappa shape index (κ2) is 5.53. The summed E-state index contributed by atoms with van der Waals surface area (Å²) in [5.41, 5.74) is 3.09. The summed E-state index contributed by atoms with van der Waals surface area (Å²) in [6.07, 6.45) is 1.79. The van der Waals surface area contributed by atoms with Gasteiger partial charge in [-0.2, -0.15) is 9.50 Å². The number of benzene rings is 3. The highest BCUT2D eigenvalue weighted by Crippen LogP contribution is 2.28. The molecular formula is C21H14N4. The molecule has 0 amide bonds. The molecule has 0 radical (unpaired) electrons. The highest BCUT2D eigenvalue weighted by atomic mass is 15.3. The van der Waals surface area contributed by atoms with Crippen LogP contribution in [0.4, 0.5) is 0 Å². The zero-order valence-corrected chi connectivity index (χ0v) is 13.4. The molecule has 2 heterocycles. The van der Waals surface area contributed by atoms with Crippen molar-refractivity contribution in [2.45, 2.75) is 0 Å². The van der Waals surface area contributed by atoms with Gasteiger partial charge in [-0.1, -0.05) is 72.8 Å². The minimum Gasteiger partial charge on any atom is -0.220 e. The first-order valence-electron chi connectivity index (χ1n) is 8.15. The van der Waals surface area contributed by atoms with E-state index in [1.807, 2.05) is 40.9 Å². The van der Waals surface area contributed by atoms with Gasteiger partial charge in [0.25, 0.3) is 5.78 Å². The molecule has 3 aromatic carbocycles. The lowest BCUT2D eigenvalue weighted by Crippen LogP contribution is -1.96. The summed E-state index contributed by atoms with van der Waals surface area (Å²) in [5.74, 6) is 1.28. The minimum atomic E-state index is 0.601. The summed E-state index contributed by atoms with van der Waals surface area (Å²) in [6, 6.07) is 26.6. The zero-order valence-electron chi connectivity index (χ0n) is 13.4. The van der Waals surface area contributed by atoms with Crippen molar-refractivity contribution in [1.82, 2.24) is 19.6 Å². The van der Waals surface area contributed by atoms with Crippen LogP contribution in [0, 0.1) is 0 Å². The molecule has 0 fully saturated rings. The second-order valence-electron chi connectivity index (χ2n) is 5.87. The largest absolute Gasteiger partial charge is 0.253 e. The predicted octanol–water partition coefficient (Wildman–Crippen LogP) is 4.61. The number of nitrogens with zero attached hydrogens (tertiary/aromatic N) is 4. The Hall–Kier alpha value is -3.53. The third kappa shape index (κ3) is 2.27. The number of hydrogen-bond donors (Lipinski definition) is 0. The monoisotopic (exact) mass is 322 g/mol. The lowest BCUT2D eigenvalue weighted by atomic mass is 10.0. The molecular weight excluding hydrogens is 308 g/mol. The molecule has 0 spiro atoms. The second-order valence-corrected chi connectivity index (χ2v) is 5.87. The Morgan fingerprint density at radius 1 is 0.720 bits per heavy atom. The van der Waals surface area contributed by atoms with Crippen LogP contribution >= 0.6 is 0 Å². The molecule has 0 unspecified atom stereocenters. The van der Waals surface area contributed by atoms with Crippen LogP contribution in [0.15, 0.2) is 85.1 Å². The van der Waals surface area contributed by atoms with E-state index in [0.717, 1.165) is 16.8 Å². The predicted molar refractivity (Wildman–Crippen MR) is 99.2 cm³/mol. The van der Waals surface area contributed by atoms with E-state index in [4.69, 9.17) is 5.10 Å². The van der Waals surface area contributed by atoms with Crippen molar-refractivity contribution < 1.29 is 0 Å². The van der Waals surface area contributed by atoms with E-state index in [9.17, 15) is 0 Å². The van der Waals surface area contributed by atoms with Crippen molar-refractivity contribution in [3.63, 3.8) is 0 Å². The van der Waals surface area contributed by atoms with Gasteiger partial charge in [0.15, 0.2) is 5.82 Å². The summed E-state index contributed by atoms with van der Waals surface area (Å²) in [4.78, 5) is 8.97. The van der Waals surface area contributed by atoms with E-state index in [-0.39, 0.29) is 0 Å². The first kappa shape index (κ1) is 13.9. The first-order valence-corrected chi connectivity index (χ1v) is 8.15. The lowest BCUT2D eigenvalue weighted by Gasteiger charge is -2.07. The van der Waals surface area contributed by atoms with Crippen molar-refractivity contribution in [2.75, 3.05) is 0 Å². The Bertz CT molecular complexity index is 1190.